The second kappa shape index (κ2) is 6.55. The summed E-state index contributed by atoms with van der Waals surface area (Å²) in [6.07, 6.45) is 4.18. The molecule has 0 saturated carbocycles. The first-order chi connectivity index (χ1) is 10.1. The van der Waals surface area contributed by atoms with E-state index in [0.29, 0.717) is 0 Å². The lowest BCUT2D eigenvalue weighted by Gasteiger charge is -2.43. The van der Waals surface area contributed by atoms with Gasteiger partial charge in [-0.2, -0.15) is 0 Å². The molecule has 21 heavy (non-hydrogen) atoms. The molecule has 0 radical (unpaired) electrons. The quantitative estimate of drug-likeness (QED) is 0.679. The van der Waals surface area contributed by atoms with Gasteiger partial charge in [-0.05, 0) is 65.0 Å². The fraction of sp³-hybridized carbons (Fsp3) is 1.00. The molecule has 3 nitrogen and oxygen atoms in total. The van der Waals surface area contributed by atoms with Crippen LogP contribution in [-0.2, 0) is 0 Å². The molecule has 4 atom stereocenters. The van der Waals surface area contributed by atoms with Gasteiger partial charge in [-0.25, -0.2) is 0 Å². The molecule has 6 heterocycles. The minimum absolute atomic E-state index is 0.744. The van der Waals surface area contributed by atoms with Crippen LogP contribution in [0.3, 0.4) is 0 Å². The normalized spacial score (nSPS) is 52.0. The number of piperidine rings is 1. The lowest BCUT2D eigenvalue weighted by Crippen LogP contribution is -2.54. The molecule has 4 unspecified atom stereocenters. The SMILES string of the molecule is CC1C2CCN(CC2)C(C)CC(C)N2CCN(CC2)C1C. The van der Waals surface area contributed by atoms with E-state index in [9.17, 15) is 0 Å². The largest absolute Gasteiger partial charge is 0.301 e. The standard InChI is InChI=1S/C18H35N3/c1-14-13-15(2)20-9-11-21(12-10-20)17(4)16(3)18-5-7-19(14)8-6-18/h14-18H,5-13H2,1-4H3. The summed E-state index contributed by atoms with van der Waals surface area (Å²) in [4.78, 5) is 8.26. The van der Waals surface area contributed by atoms with Crippen LogP contribution in [0, 0.1) is 11.8 Å². The van der Waals surface area contributed by atoms with Gasteiger partial charge >= 0.3 is 0 Å². The molecule has 6 aliphatic rings. The van der Waals surface area contributed by atoms with Gasteiger partial charge in [-0.15, -0.1) is 0 Å². The minimum Gasteiger partial charge on any atom is -0.301 e. The minimum atomic E-state index is 0.744. The van der Waals surface area contributed by atoms with Crippen LogP contribution in [0.4, 0.5) is 0 Å². The monoisotopic (exact) mass is 293 g/mol. The lowest BCUT2D eigenvalue weighted by atomic mass is 9.80. The molecule has 0 spiro atoms. The molecule has 3 heteroatoms. The van der Waals surface area contributed by atoms with Crippen molar-refractivity contribution in [2.45, 2.75) is 65.1 Å². The summed E-state index contributed by atoms with van der Waals surface area (Å²) in [6, 6.07) is 2.26. The molecule has 122 valence electrons. The Morgan fingerprint density at radius 3 is 1.67 bits per heavy atom. The van der Waals surface area contributed by atoms with E-state index in [1.54, 1.807) is 0 Å². The Kier molecular flexibility index (Phi) is 4.92. The van der Waals surface area contributed by atoms with Crippen molar-refractivity contribution in [2.24, 2.45) is 11.8 Å². The zero-order valence-corrected chi connectivity index (χ0v) is 14.6. The van der Waals surface area contributed by atoms with Crippen molar-refractivity contribution < 1.29 is 0 Å². The van der Waals surface area contributed by atoms with Crippen molar-refractivity contribution in [2.75, 3.05) is 39.3 Å². The first kappa shape index (κ1) is 15.8. The molecule has 6 fully saturated rings. The summed E-state index contributed by atoms with van der Waals surface area (Å²) < 4.78 is 0. The predicted molar refractivity (Wildman–Crippen MR) is 89.6 cm³/mol. The molecule has 6 rings (SSSR count). The lowest BCUT2D eigenvalue weighted by molar-refractivity contribution is 0.0472. The maximum absolute atomic E-state index is 2.77. The third-order valence-corrected chi connectivity index (χ3v) is 6.93. The zero-order chi connectivity index (χ0) is 15.0. The zero-order valence-electron chi connectivity index (χ0n) is 14.6. The summed E-state index contributed by atoms with van der Waals surface area (Å²) in [5, 5.41) is 0. The van der Waals surface area contributed by atoms with Crippen LogP contribution in [0.5, 0.6) is 0 Å². The third kappa shape index (κ3) is 3.30. The molecule has 0 aliphatic carbocycles. The number of hydrogen-bond donors (Lipinski definition) is 0. The Morgan fingerprint density at radius 2 is 1.10 bits per heavy atom. The van der Waals surface area contributed by atoms with Gasteiger partial charge in [-0.3, -0.25) is 9.80 Å². The van der Waals surface area contributed by atoms with Crippen molar-refractivity contribution in [3.8, 4) is 0 Å². The maximum Gasteiger partial charge on any atom is 0.0113 e. The molecule has 0 N–H and O–H groups in total. The van der Waals surface area contributed by atoms with E-state index in [-0.39, 0.29) is 0 Å². The molecular weight excluding hydrogens is 258 g/mol. The second-order valence-electron chi connectivity index (χ2n) is 7.98. The number of nitrogens with zero attached hydrogens (tertiary/aromatic N) is 3. The van der Waals surface area contributed by atoms with Crippen molar-refractivity contribution in [1.82, 2.24) is 14.7 Å². The number of piperazine rings is 1. The van der Waals surface area contributed by atoms with Gasteiger partial charge in [0, 0.05) is 44.3 Å². The molecule has 0 aromatic rings. The number of rotatable bonds is 0. The Balaban J connectivity index is 1.77. The Hall–Kier alpha value is -0.120. The topological polar surface area (TPSA) is 9.72 Å². The first-order valence-electron chi connectivity index (χ1n) is 9.28. The first-order valence-corrected chi connectivity index (χ1v) is 9.28. The third-order valence-electron chi connectivity index (χ3n) is 6.93. The average Bonchev–Trinajstić information content (AvgIpc) is 2.54. The summed E-state index contributed by atoms with van der Waals surface area (Å²) in [6.45, 7) is 17.7. The van der Waals surface area contributed by atoms with Gasteiger partial charge in [0.25, 0.3) is 0 Å². The molecule has 6 aliphatic heterocycles. The summed E-state index contributed by atoms with van der Waals surface area (Å²) in [5.74, 6) is 1.80. The fourth-order valence-electron chi connectivity index (χ4n) is 4.99. The van der Waals surface area contributed by atoms with E-state index in [0.717, 1.165) is 30.0 Å². The highest BCUT2D eigenvalue weighted by Crippen LogP contribution is 2.31. The van der Waals surface area contributed by atoms with Crippen LogP contribution in [0.2, 0.25) is 0 Å². The highest BCUT2D eigenvalue weighted by Gasteiger charge is 2.34. The summed E-state index contributed by atoms with van der Waals surface area (Å²) in [7, 11) is 0. The van der Waals surface area contributed by atoms with Crippen LogP contribution in [0.25, 0.3) is 0 Å². The smallest absolute Gasteiger partial charge is 0.0113 e. The fourth-order valence-corrected chi connectivity index (χ4v) is 4.99. The van der Waals surface area contributed by atoms with E-state index in [4.69, 9.17) is 0 Å². The van der Waals surface area contributed by atoms with E-state index in [1.807, 2.05) is 0 Å². The van der Waals surface area contributed by atoms with Crippen LogP contribution in [-0.4, -0.2) is 72.1 Å². The van der Waals surface area contributed by atoms with Crippen molar-refractivity contribution in [3.63, 3.8) is 0 Å². The molecule has 4 bridgehead atoms. The Bertz CT molecular complexity index is 297. The van der Waals surface area contributed by atoms with Crippen LogP contribution >= 0.6 is 0 Å². The molecule has 0 aromatic heterocycles. The average molecular weight is 293 g/mol. The van der Waals surface area contributed by atoms with Gasteiger partial charge in [0.15, 0.2) is 0 Å². The van der Waals surface area contributed by atoms with Gasteiger partial charge in [0.1, 0.15) is 0 Å². The van der Waals surface area contributed by atoms with E-state index in [1.165, 1.54) is 58.5 Å². The van der Waals surface area contributed by atoms with Crippen LogP contribution < -0.4 is 0 Å². The molecular formula is C18H35N3. The summed E-state index contributed by atoms with van der Waals surface area (Å²) in [5.41, 5.74) is 0. The second-order valence-corrected chi connectivity index (χ2v) is 7.98. The van der Waals surface area contributed by atoms with Crippen LogP contribution in [0.1, 0.15) is 47.0 Å². The van der Waals surface area contributed by atoms with Crippen molar-refractivity contribution in [1.29, 1.82) is 0 Å². The van der Waals surface area contributed by atoms with Gasteiger partial charge in [0.2, 0.25) is 0 Å². The van der Waals surface area contributed by atoms with Crippen molar-refractivity contribution in [3.05, 3.63) is 0 Å². The van der Waals surface area contributed by atoms with Crippen LogP contribution in [0.15, 0.2) is 0 Å². The molecule has 0 aromatic carbocycles. The summed E-state index contributed by atoms with van der Waals surface area (Å²) >= 11 is 0. The van der Waals surface area contributed by atoms with Crippen molar-refractivity contribution >= 4 is 0 Å². The van der Waals surface area contributed by atoms with E-state index in [2.05, 4.69) is 42.4 Å². The molecule has 0 amide bonds. The maximum atomic E-state index is 2.77. The Labute approximate surface area is 131 Å². The predicted octanol–water partition coefficient (Wildman–Crippen LogP) is 2.52. The van der Waals surface area contributed by atoms with E-state index >= 15 is 0 Å². The van der Waals surface area contributed by atoms with E-state index < -0.39 is 0 Å². The molecule has 6 saturated heterocycles. The Morgan fingerprint density at radius 1 is 0.619 bits per heavy atom. The highest BCUT2D eigenvalue weighted by atomic mass is 15.3. The number of hydrogen-bond acceptors (Lipinski definition) is 3. The van der Waals surface area contributed by atoms with Gasteiger partial charge in [-0.1, -0.05) is 6.92 Å². The highest BCUT2D eigenvalue weighted by molar-refractivity contribution is 4.89. The van der Waals surface area contributed by atoms with Gasteiger partial charge < -0.3 is 4.90 Å². The van der Waals surface area contributed by atoms with Gasteiger partial charge in [0.05, 0.1) is 0 Å².